The van der Waals surface area contributed by atoms with Gasteiger partial charge >= 0.3 is 5.97 Å². The Morgan fingerprint density at radius 2 is 2.24 bits per heavy atom. The highest BCUT2D eigenvalue weighted by molar-refractivity contribution is 5.87. The first kappa shape index (κ1) is 12.6. The van der Waals surface area contributed by atoms with E-state index in [-0.39, 0.29) is 11.6 Å². The van der Waals surface area contributed by atoms with Crippen molar-refractivity contribution >= 4 is 5.97 Å². The quantitative estimate of drug-likeness (QED) is 0.429. The standard InChI is InChI=1S/C14H22O3/c1-4-14(17-13(15)10(2)3)8-6-5-7-11(14)12-9-16-12/h11-12H,2,4-9H2,1,3H3. The van der Waals surface area contributed by atoms with Gasteiger partial charge in [0, 0.05) is 11.5 Å². The van der Waals surface area contributed by atoms with Gasteiger partial charge in [-0.3, -0.25) is 0 Å². The van der Waals surface area contributed by atoms with Crippen molar-refractivity contribution in [3.63, 3.8) is 0 Å². The van der Waals surface area contributed by atoms with Crippen molar-refractivity contribution in [2.75, 3.05) is 6.61 Å². The Morgan fingerprint density at radius 3 is 2.76 bits per heavy atom. The second kappa shape index (κ2) is 4.81. The van der Waals surface area contributed by atoms with Gasteiger partial charge in [-0.1, -0.05) is 19.9 Å². The van der Waals surface area contributed by atoms with Gasteiger partial charge in [0.1, 0.15) is 5.60 Å². The van der Waals surface area contributed by atoms with E-state index in [1.54, 1.807) is 6.92 Å². The van der Waals surface area contributed by atoms with E-state index < -0.39 is 0 Å². The third-order valence-corrected chi connectivity index (χ3v) is 4.09. The highest BCUT2D eigenvalue weighted by Gasteiger charge is 2.50. The van der Waals surface area contributed by atoms with Gasteiger partial charge in [-0.05, 0) is 32.6 Å². The van der Waals surface area contributed by atoms with Crippen LogP contribution in [-0.4, -0.2) is 24.3 Å². The lowest BCUT2D eigenvalue weighted by Gasteiger charge is -2.42. The minimum absolute atomic E-state index is 0.251. The van der Waals surface area contributed by atoms with Gasteiger partial charge in [-0.25, -0.2) is 4.79 Å². The molecule has 1 heterocycles. The first-order valence-electron chi connectivity index (χ1n) is 6.59. The van der Waals surface area contributed by atoms with E-state index in [0.29, 0.717) is 17.6 Å². The Bertz CT molecular complexity index is 319. The molecule has 1 saturated carbocycles. The van der Waals surface area contributed by atoms with Crippen LogP contribution in [0.15, 0.2) is 12.2 Å². The van der Waals surface area contributed by atoms with Crippen LogP contribution in [0.2, 0.25) is 0 Å². The molecule has 1 aliphatic carbocycles. The molecule has 3 unspecified atom stereocenters. The zero-order chi connectivity index (χ0) is 12.5. The molecule has 3 atom stereocenters. The lowest BCUT2D eigenvalue weighted by molar-refractivity contribution is -0.168. The van der Waals surface area contributed by atoms with Crippen LogP contribution in [0.1, 0.15) is 46.0 Å². The lowest BCUT2D eigenvalue weighted by atomic mass is 9.72. The van der Waals surface area contributed by atoms with Crippen LogP contribution in [0.25, 0.3) is 0 Å². The number of ether oxygens (including phenoxy) is 2. The molecular weight excluding hydrogens is 216 g/mol. The van der Waals surface area contributed by atoms with E-state index >= 15 is 0 Å². The first-order valence-corrected chi connectivity index (χ1v) is 6.59. The zero-order valence-corrected chi connectivity index (χ0v) is 10.8. The van der Waals surface area contributed by atoms with Crippen molar-refractivity contribution in [3.05, 3.63) is 12.2 Å². The van der Waals surface area contributed by atoms with Crippen LogP contribution in [0, 0.1) is 5.92 Å². The average molecular weight is 238 g/mol. The molecule has 0 amide bonds. The fraction of sp³-hybridized carbons (Fsp3) is 0.786. The fourth-order valence-corrected chi connectivity index (χ4v) is 2.96. The van der Waals surface area contributed by atoms with Crippen molar-refractivity contribution in [1.29, 1.82) is 0 Å². The van der Waals surface area contributed by atoms with E-state index in [4.69, 9.17) is 9.47 Å². The number of hydrogen-bond donors (Lipinski definition) is 0. The van der Waals surface area contributed by atoms with Crippen LogP contribution in [0.5, 0.6) is 0 Å². The predicted molar refractivity (Wildman–Crippen MR) is 65.6 cm³/mol. The van der Waals surface area contributed by atoms with Gasteiger partial charge in [0.05, 0.1) is 12.7 Å². The van der Waals surface area contributed by atoms with Crippen LogP contribution < -0.4 is 0 Å². The summed E-state index contributed by atoms with van der Waals surface area (Å²) in [7, 11) is 0. The van der Waals surface area contributed by atoms with E-state index in [1.165, 1.54) is 6.42 Å². The van der Waals surface area contributed by atoms with Gasteiger partial charge in [0.15, 0.2) is 0 Å². The van der Waals surface area contributed by atoms with Crippen molar-refractivity contribution in [2.24, 2.45) is 5.92 Å². The zero-order valence-electron chi connectivity index (χ0n) is 10.8. The molecule has 0 radical (unpaired) electrons. The molecule has 0 N–H and O–H groups in total. The van der Waals surface area contributed by atoms with E-state index in [1.807, 2.05) is 0 Å². The third kappa shape index (κ3) is 2.54. The smallest absolute Gasteiger partial charge is 0.333 e. The Hall–Kier alpha value is -0.830. The van der Waals surface area contributed by atoms with Gasteiger partial charge in [0.2, 0.25) is 0 Å². The van der Waals surface area contributed by atoms with Crippen LogP contribution in [0.4, 0.5) is 0 Å². The summed E-state index contributed by atoms with van der Waals surface area (Å²) in [5.41, 5.74) is 0.175. The molecule has 1 aliphatic heterocycles. The van der Waals surface area contributed by atoms with Gasteiger partial charge < -0.3 is 9.47 Å². The van der Waals surface area contributed by atoms with Crippen LogP contribution >= 0.6 is 0 Å². The van der Waals surface area contributed by atoms with Crippen molar-refractivity contribution < 1.29 is 14.3 Å². The maximum absolute atomic E-state index is 11.8. The lowest BCUT2D eigenvalue weighted by Crippen LogP contribution is -2.47. The summed E-state index contributed by atoms with van der Waals surface area (Å²) < 4.78 is 11.2. The third-order valence-electron chi connectivity index (χ3n) is 4.09. The van der Waals surface area contributed by atoms with E-state index in [9.17, 15) is 4.79 Å². The van der Waals surface area contributed by atoms with Crippen molar-refractivity contribution in [3.8, 4) is 0 Å². The summed E-state index contributed by atoms with van der Waals surface area (Å²) in [6.45, 7) is 8.31. The van der Waals surface area contributed by atoms with Gasteiger partial charge in [-0.2, -0.15) is 0 Å². The minimum Gasteiger partial charge on any atom is -0.455 e. The normalized spacial score (nSPS) is 36.4. The molecule has 2 rings (SSSR count). The van der Waals surface area contributed by atoms with Crippen molar-refractivity contribution in [1.82, 2.24) is 0 Å². The monoisotopic (exact) mass is 238 g/mol. The number of rotatable bonds is 4. The molecule has 0 spiro atoms. The first-order chi connectivity index (χ1) is 8.09. The average Bonchev–Trinajstić information content (AvgIpc) is 3.13. The maximum atomic E-state index is 11.8. The molecule has 3 heteroatoms. The summed E-state index contributed by atoms with van der Waals surface area (Å²) in [5, 5.41) is 0. The number of hydrogen-bond acceptors (Lipinski definition) is 3. The van der Waals surface area contributed by atoms with E-state index in [0.717, 1.165) is 32.3 Å². The second-order valence-electron chi connectivity index (χ2n) is 5.31. The summed E-state index contributed by atoms with van der Waals surface area (Å²) >= 11 is 0. The fourth-order valence-electron chi connectivity index (χ4n) is 2.96. The number of carbonyl (C=O) groups is 1. The Labute approximate surface area is 103 Å². The van der Waals surface area contributed by atoms with Crippen LogP contribution in [-0.2, 0) is 14.3 Å². The molecule has 96 valence electrons. The number of carbonyl (C=O) groups excluding carboxylic acids is 1. The summed E-state index contributed by atoms with van der Waals surface area (Å²) in [4.78, 5) is 11.8. The molecule has 17 heavy (non-hydrogen) atoms. The number of esters is 1. The minimum atomic E-state index is -0.310. The largest absolute Gasteiger partial charge is 0.455 e. The molecule has 1 saturated heterocycles. The Kier molecular flexibility index (Phi) is 3.57. The van der Waals surface area contributed by atoms with Crippen LogP contribution in [0.3, 0.4) is 0 Å². The summed E-state index contributed by atoms with van der Waals surface area (Å²) in [5.74, 6) is 0.129. The molecule has 0 bridgehead atoms. The van der Waals surface area contributed by atoms with E-state index in [2.05, 4.69) is 13.5 Å². The number of epoxide rings is 1. The molecule has 0 aromatic carbocycles. The summed E-state index contributed by atoms with van der Waals surface area (Å²) in [6.07, 6.45) is 5.62. The molecule has 2 aliphatic rings. The Morgan fingerprint density at radius 1 is 1.53 bits per heavy atom. The molecular formula is C14H22O3. The maximum Gasteiger partial charge on any atom is 0.333 e. The second-order valence-corrected chi connectivity index (χ2v) is 5.31. The highest BCUT2D eigenvalue weighted by atomic mass is 16.6. The molecule has 2 fully saturated rings. The highest BCUT2D eigenvalue weighted by Crippen LogP contribution is 2.45. The molecule has 3 nitrogen and oxygen atoms in total. The predicted octanol–water partition coefficient (Wildman–Crippen LogP) is 2.84. The van der Waals surface area contributed by atoms with Gasteiger partial charge in [0.25, 0.3) is 0 Å². The SMILES string of the molecule is C=C(C)C(=O)OC1(CC)CCCCC1C1CO1. The van der Waals surface area contributed by atoms with Crippen molar-refractivity contribution in [2.45, 2.75) is 57.7 Å². The summed E-state index contributed by atoms with van der Waals surface area (Å²) in [6, 6.07) is 0. The molecule has 0 aromatic rings. The van der Waals surface area contributed by atoms with Gasteiger partial charge in [-0.15, -0.1) is 0 Å². The topological polar surface area (TPSA) is 38.8 Å². The Balaban J connectivity index is 2.13. The molecule has 0 aromatic heterocycles.